The number of rotatable bonds is 4. The van der Waals surface area contributed by atoms with Crippen LogP contribution in [0.3, 0.4) is 0 Å². The number of nitriles is 1. The Bertz CT molecular complexity index is 990. The molecule has 0 fully saturated rings. The lowest BCUT2D eigenvalue weighted by molar-refractivity contribution is 0.0306. The van der Waals surface area contributed by atoms with Crippen LogP contribution in [0.2, 0.25) is 0 Å². The normalized spacial score (nSPS) is 13.6. The van der Waals surface area contributed by atoms with Crippen LogP contribution < -0.4 is 4.74 Å². The van der Waals surface area contributed by atoms with E-state index in [2.05, 4.69) is 4.98 Å². The quantitative estimate of drug-likeness (QED) is 0.771. The summed E-state index contributed by atoms with van der Waals surface area (Å²) in [5, 5.41) is 8.81. The SMILES string of the molecule is CC(C)(C)OC(=O)N1CC=C(c2cccc(OCc3ccc(C#N)cc3F)n2)C1. The zero-order valence-corrected chi connectivity index (χ0v) is 16.6. The molecule has 3 rings (SSSR count). The van der Waals surface area contributed by atoms with Gasteiger partial charge in [-0.3, -0.25) is 0 Å². The van der Waals surface area contributed by atoms with Gasteiger partial charge in [0.15, 0.2) is 0 Å². The van der Waals surface area contributed by atoms with Gasteiger partial charge in [0.05, 0.1) is 23.9 Å². The lowest BCUT2D eigenvalue weighted by Gasteiger charge is -2.24. The molecule has 0 spiro atoms. The first-order chi connectivity index (χ1) is 13.7. The van der Waals surface area contributed by atoms with Gasteiger partial charge in [-0.05, 0) is 44.5 Å². The number of hydrogen-bond acceptors (Lipinski definition) is 5. The summed E-state index contributed by atoms with van der Waals surface area (Å²) in [6, 6.07) is 11.5. The second-order valence-electron chi connectivity index (χ2n) is 7.66. The number of carbonyl (C=O) groups excluding carboxylic acids is 1. The van der Waals surface area contributed by atoms with Crippen LogP contribution in [-0.2, 0) is 11.3 Å². The van der Waals surface area contributed by atoms with Gasteiger partial charge in [0, 0.05) is 18.2 Å². The Morgan fingerprint density at radius 2 is 2.10 bits per heavy atom. The van der Waals surface area contributed by atoms with Crippen molar-refractivity contribution in [3.63, 3.8) is 0 Å². The smallest absolute Gasteiger partial charge is 0.410 e. The van der Waals surface area contributed by atoms with Crippen molar-refractivity contribution in [1.82, 2.24) is 9.88 Å². The van der Waals surface area contributed by atoms with Crippen molar-refractivity contribution in [3.8, 4) is 11.9 Å². The van der Waals surface area contributed by atoms with Crippen LogP contribution in [0.1, 0.15) is 37.6 Å². The van der Waals surface area contributed by atoms with Crippen LogP contribution in [0, 0.1) is 17.1 Å². The van der Waals surface area contributed by atoms with Crippen molar-refractivity contribution in [1.29, 1.82) is 5.26 Å². The van der Waals surface area contributed by atoms with E-state index in [1.165, 1.54) is 12.1 Å². The molecule has 1 aliphatic rings. The Labute approximate surface area is 169 Å². The third kappa shape index (κ3) is 5.32. The number of pyridine rings is 1. The molecule has 0 radical (unpaired) electrons. The van der Waals surface area contributed by atoms with Gasteiger partial charge in [0.25, 0.3) is 0 Å². The molecule has 6 nitrogen and oxygen atoms in total. The highest BCUT2D eigenvalue weighted by molar-refractivity contribution is 5.76. The molecule has 0 atom stereocenters. The first-order valence-electron chi connectivity index (χ1n) is 9.21. The molecule has 0 aliphatic carbocycles. The van der Waals surface area contributed by atoms with E-state index in [4.69, 9.17) is 14.7 Å². The number of aromatic nitrogens is 1. The van der Waals surface area contributed by atoms with E-state index < -0.39 is 11.4 Å². The number of carbonyl (C=O) groups is 1. The first kappa shape index (κ1) is 20.3. The van der Waals surface area contributed by atoms with Crippen molar-refractivity contribution in [2.45, 2.75) is 33.0 Å². The molecule has 29 heavy (non-hydrogen) atoms. The fourth-order valence-corrected chi connectivity index (χ4v) is 2.77. The highest BCUT2D eigenvalue weighted by atomic mass is 19.1. The second kappa shape index (κ2) is 8.31. The molecule has 0 saturated heterocycles. The zero-order valence-electron chi connectivity index (χ0n) is 16.6. The van der Waals surface area contributed by atoms with Crippen LogP contribution in [0.5, 0.6) is 5.88 Å². The minimum absolute atomic E-state index is 0.00290. The summed E-state index contributed by atoms with van der Waals surface area (Å²) >= 11 is 0. The van der Waals surface area contributed by atoms with Crippen LogP contribution >= 0.6 is 0 Å². The Hall–Kier alpha value is -3.40. The fourth-order valence-electron chi connectivity index (χ4n) is 2.77. The molecule has 0 N–H and O–H groups in total. The molecule has 7 heteroatoms. The number of benzene rings is 1. The van der Waals surface area contributed by atoms with E-state index in [1.807, 2.05) is 39.0 Å². The molecule has 1 amide bonds. The molecule has 1 aromatic carbocycles. The predicted molar refractivity (Wildman–Crippen MR) is 105 cm³/mol. The van der Waals surface area contributed by atoms with Gasteiger partial charge < -0.3 is 14.4 Å². The monoisotopic (exact) mass is 395 g/mol. The van der Waals surface area contributed by atoms with Crippen molar-refractivity contribution >= 4 is 11.7 Å². The van der Waals surface area contributed by atoms with E-state index in [0.717, 1.165) is 5.57 Å². The maximum atomic E-state index is 14.0. The largest absolute Gasteiger partial charge is 0.473 e. The third-order valence-corrected chi connectivity index (χ3v) is 4.18. The average Bonchev–Trinajstić information content (AvgIpc) is 3.16. The van der Waals surface area contributed by atoms with Crippen LogP contribution in [0.15, 0.2) is 42.5 Å². The first-order valence-corrected chi connectivity index (χ1v) is 9.21. The summed E-state index contributed by atoms with van der Waals surface area (Å²) in [6.45, 7) is 6.33. The summed E-state index contributed by atoms with van der Waals surface area (Å²) in [5.74, 6) is -0.144. The van der Waals surface area contributed by atoms with Crippen molar-refractivity contribution in [3.05, 3.63) is 65.1 Å². The maximum absolute atomic E-state index is 14.0. The number of halogens is 1. The highest BCUT2D eigenvalue weighted by Gasteiger charge is 2.26. The fraction of sp³-hybridized carbons (Fsp3) is 0.318. The summed E-state index contributed by atoms with van der Waals surface area (Å²) in [4.78, 5) is 18.3. The number of amides is 1. The summed E-state index contributed by atoms with van der Waals surface area (Å²) in [6.07, 6.45) is 1.56. The van der Waals surface area contributed by atoms with E-state index in [9.17, 15) is 9.18 Å². The molecule has 0 unspecified atom stereocenters. The number of ether oxygens (including phenoxy) is 2. The summed E-state index contributed by atoms with van der Waals surface area (Å²) in [5.41, 5.74) is 1.63. The summed E-state index contributed by atoms with van der Waals surface area (Å²) < 4.78 is 25.0. The second-order valence-corrected chi connectivity index (χ2v) is 7.66. The minimum atomic E-state index is -0.549. The standard InChI is InChI=1S/C22H22FN3O3/c1-22(2,3)29-21(27)26-10-9-16(13-26)19-5-4-6-20(25-19)28-14-17-8-7-15(12-24)11-18(17)23/h4-9,11H,10,13-14H2,1-3H3. The van der Waals surface area contributed by atoms with Crippen molar-refractivity contribution < 1.29 is 18.7 Å². The summed E-state index contributed by atoms with van der Waals surface area (Å²) in [7, 11) is 0. The molecule has 2 heterocycles. The van der Waals surface area contributed by atoms with Crippen molar-refractivity contribution in [2.24, 2.45) is 0 Å². The molecule has 150 valence electrons. The maximum Gasteiger partial charge on any atom is 0.410 e. The molecule has 2 aromatic rings. The third-order valence-electron chi connectivity index (χ3n) is 4.18. The van der Waals surface area contributed by atoms with Gasteiger partial charge in [-0.1, -0.05) is 18.2 Å². The average molecular weight is 395 g/mol. The van der Waals surface area contributed by atoms with Crippen LogP contribution in [0.4, 0.5) is 9.18 Å². The van der Waals surface area contributed by atoms with E-state index in [0.29, 0.717) is 30.2 Å². The van der Waals surface area contributed by atoms with Crippen LogP contribution in [-0.4, -0.2) is 34.7 Å². The van der Waals surface area contributed by atoms with E-state index >= 15 is 0 Å². The lowest BCUT2D eigenvalue weighted by Crippen LogP contribution is -2.35. The molecule has 0 bridgehead atoms. The Morgan fingerprint density at radius 1 is 1.31 bits per heavy atom. The molecular weight excluding hydrogens is 373 g/mol. The molecule has 1 aromatic heterocycles. The lowest BCUT2D eigenvalue weighted by atomic mass is 10.1. The van der Waals surface area contributed by atoms with Gasteiger partial charge in [0.2, 0.25) is 5.88 Å². The van der Waals surface area contributed by atoms with Crippen molar-refractivity contribution in [2.75, 3.05) is 13.1 Å². The number of nitrogens with zero attached hydrogens (tertiary/aromatic N) is 3. The molecular formula is C22H22FN3O3. The van der Waals surface area contributed by atoms with Crippen LogP contribution in [0.25, 0.3) is 5.57 Å². The zero-order chi connectivity index (χ0) is 21.0. The Morgan fingerprint density at radius 3 is 2.79 bits per heavy atom. The minimum Gasteiger partial charge on any atom is -0.473 e. The topological polar surface area (TPSA) is 75.4 Å². The van der Waals surface area contributed by atoms with Gasteiger partial charge in [-0.15, -0.1) is 0 Å². The molecule has 1 aliphatic heterocycles. The molecule has 0 saturated carbocycles. The predicted octanol–water partition coefficient (Wildman–Crippen LogP) is 4.31. The van der Waals surface area contributed by atoms with E-state index in [-0.39, 0.29) is 18.3 Å². The number of hydrogen-bond donors (Lipinski definition) is 0. The van der Waals surface area contributed by atoms with Gasteiger partial charge >= 0.3 is 6.09 Å². The van der Waals surface area contributed by atoms with Gasteiger partial charge in [-0.25, -0.2) is 14.2 Å². The van der Waals surface area contributed by atoms with E-state index in [1.54, 1.807) is 23.1 Å². The Balaban J connectivity index is 1.63. The Kier molecular flexibility index (Phi) is 5.83. The van der Waals surface area contributed by atoms with Gasteiger partial charge in [0.1, 0.15) is 18.0 Å². The highest BCUT2D eigenvalue weighted by Crippen LogP contribution is 2.23. The van der Waals surface area contributed by atoms with Gasteiger partial charge in [-0.2, -0.15) is 5.26 Å².